The van der Waals surface area contributed by atoms with E-state index in [1.165, 1.54) is 11.0 Å². The van der Waals surface area contributed by atoms with Crippen molar-refractivity contribution in [3.8, 4) is 0 Å². The summed E-state index contributed by atoms with van der Waals surface area (Å²) in [5, 5.41) is 7.82. The molecule has 2 aliphatic rings. The molecular formula is C26H43N5O5. The van der Waals surface area contributed by atoms with E-state index in [1.54, 1.807) is 0 Å². The van der Waals surface area contributed by atoms with Gasteiger partial charge in [0.1, 0.15) is 12.1 Å². The van der Waals surface area contributed by atoms with Crippen molar-refractivity contribution in [1.82, 2.24) is 20.9 Å². The van der Waals surface area contributed by atoms with Crippen molar-refractivity contribution in [1.29, 1.82) is 0 Å². The second-order valence-corrected chi connectivity index (χ2v) is 11.5. The number of rotatable bonds is 11. The van der Waals surface area contributed by atoms with Crippen molar-refractivity contribution >= 4 is 29.5 Å². The van der Waals surface area contributed by atoms with Gasteiger partial charge < -0.3 is 26.6 Å². The molecule has 0 aromatic rings. The molecule has 0 aromatic carbocycles. The van der Waals surface area contributed by atoms with Gasteiger partial charge in [-0.1, -0.05) is 60.0 Å². The van der Waals surface area contributed by atoms with E-state index in [0.29, 0.717) is 19.4 Å². The molecule has 2 fully saturated rings. The Labute approximate surface area is 214 Å². The maximum atomic E-state index is 13.6. The van der Waals surface area contributed by atoms with Gasteiger partial charge in [0.2, 0.25) is 17.6 Å². The first-order valence-corrected chi connectivity index (χ1v) is 12.9. The van der Waals surface area contributed by atoms with Crippen LogP contribution in [0.5, 0.6) is 0 Å². The summed E-state index contributed by atoms with van der Waals surface area (Å²) in [6.45, 7) is 13.5. The van der Waals surface area contributed by atoms with Crippen LogP contribution in [0.1, 0.15) is 66.7 Å². The first-order chi connectivity index (χ1) is 16.8. The summed E-state index contributed by atoms with van der Waals surface area (Å²) >= 11 is 0. The monoisotopic (exact) mass is 505 g/mol. The first-order valence-electron chi connectivity index (χ1n) is 12.9. The zero-order valence-corrected chi connectivity index (χ0v) is 22.3. The molecule has 1 saturated heterocycles. The van der Waals surface area contributed by atoms with E-state index in [1.807, 2.05) is 34.6 Å². The number of hydrogen-bond donors (Lipinski definition) is 4. The minimum absolute atomic E-state index is 0.0653. The minimum atomic E-state index is -0.968. The van der Waals surface area contributed by atoms with Crippen LogP contribution in [0.25, 0.3) is 0 Å². The lowest BCUT2D eigenvalue weighted by Gasteiger charge is -2.35. The molecule has 0 spiro atoms. The third-order valence-electron chi connectivity index (χ3n) is 7.32. The summed E-state index contributed by atoms with van der Waals surface area (Å²) in [4.78, 5) is 65.6. The van der Waals surface area contributed by atoms with Crippen LogP contribution in [-0.4, -0.2) is 65.7 Å². The van der Waals surface area contributed by atoms with Crippen LogP contribution in [0.2, 0.25) is 0 Å². The lowest BCUT2D eigenvalue weighted by molar-refractivity contribution is -0.144. The van der Waals surface area contributed by atoms with E-state index >= 15 is 0 Å². The number of Topliss-reactive ketones (excluding diaryl/α,β-unsaturated/α-hetero) is 1. The maximum absolute atomic E-state index is 13.6. The Morgan fingerprint density at radius 3 is 2.22 bits per heavy atom. The van der Waals surface area contributed by atoms with E-state index in [4.69, 9.17) is 5.73 Å². The fourth-order valence-electron chi connectivity index (χ4n) is 4.77. The van der Waals surface area contributed by atoms with Gasteiger partial charge in [0, 0.05) is 13.1 Å². The normalized spacial score (nSPS) is 21.8. The van der Waals surface area contributed by atoms with Crippen LogP contribution < -0.4 is 21.7 Å². The Hall–Kier alpha value is -2.91. The molecule has 1 heterocycles. The van der Waals surface area contributed by atoms with Crippen LogP contribution in [-0.2, 0) is 19.2 Å². The summed E-state index contributed by atoms with van der Waals surface area (Å²) in [6.07, 6.45) is 5.24. The third kappa shape index (κ3) is 7.54. The molecule has 2 rings (SSSR count). The van der Waals surface area contributed by atoms with Gasteiger partial charge in [-0.3, -0.25) is 19.2 Å². The first kappa shape index (κ1) is 29.3. The Morgan fingerprint density at radius 1 is 1.11 bits per heavy atom. The van der Waals surface area contributed by atoms with E-state index in [0.717, 1.165) is 19.3 Å². The Balaban J connectivity index is 2.28. The van der Waals surface area contributed by atoms with Crippen LogP contribution in [0.3, 0.4) is 0 Å². The number of likely N-dealkylation sites (tertiary alicyclic amines) is 1. The lowest BCUT2D eigenvalue weighted by Crippen LogP contribution is -2.59. The summed E-state index contributed by atoms with van der Waals surface area (Å²) < 4.78 is 0. The highest BCUT2D eigenvalue weighted by Crippen LogP contribution is 2.33. The van der Waals surface area contributed by atoms with E-state index in [9.17, 15) is 24.0 Å². The molecule has 0 bridgehead atoms. The number of urea groups is 1. The average molecular weight is 506 g/mol. The average Bonchev–Trinajstić information content (AvgIpc) is 3.21. The van der Waals surface area contributed by atoms with Gasteiger partial charge in [-0.15, -0.1) is 6.58 Å². The van der Waals surface area contributed by atoms with E-state index < -0.39 is 53.1 Å². The Kier molecular flexibility index (Phi) is 10.1. The highest BCUT2D eigenvalue weighted by Gasteiger charge is 2.46. The van der Waals surface area contributed by atoms with Gasteiger partial charge in [0.25, 0.3) is 5.91 Å². The third-order valence-corrected chi connectivity index (χ3v) is 7.32. The molecule has 0 aromatic heterocycles. The van der Waals surface area contributed by atoms with Crippen molar-refractivity contribution in [2.75, 3.05) is 13.1 Å². The zero-order chi connectivity index (χ0) is 27.2. The minimum Gasteiger partial charge on any atom is -0.352 e. The van der Waals surface area contributed by atoms with Crippen LogP contribution in [0, 0.1) is 23.2 Å². The predicted molar refractivity (Wildman–Crippen MR) is 137 cm³/mol. The summed E-state index contributed by atoms with van der Waals surface area (Å²) in [6, 6.07) is -3.53. The number of nitrogens with two attached hydrogens (primary N) is 1. The number of nitrogens with zero attached hydrogens (tertiary/aromatic N) is 1. The molecule has 0 radical (unpaired) electrons. The van der Waals surface area contributed by atoms with Crippen molar-refractivity contribution in [2.45, 2.75) is 84.8 Å². The summed E-state index contributed by atoms with van der Waals surface area (Å²) in [7, 11) is 0. The molecule has 10 nitrogen and oxygen atoms in total. The van der Waals surface area contributed by atoms with E-state index in [-0.39, 0.29) is 24.3 Å². The molecule has 5 N–H and O–H groups in total. The molecule has 1 aliphatic heterocycles. The van der Waals surface area contributed by atoms with Gasteiger partial charge in [-0.2, -0.15) is 0 Å². The van der Waals surface area contributed by atoms with Gasteiger partial charge in [-0.25, -0.2) is 4.79 Å². The van der Waals surface area contributed by atoms with E-state index in [2.05, 4.69) is 22.5 Å². The van der Waals surface area contributed by atoms with Crippen molar-refractivity contribution < 1.29 is 24.0 Å². The number of primary amides is 1. The number of hydrogen-bond acceptors (Lipinski definition) is 5. The quantitative estimate of drug-likeness (QED) is 0.248. The molecule has 1 saturated carbocycles. The van der Waals surface area contributed by atoms with Crippen LogP contribution in [0.4, 0.5) is 4.79 Å². The largest absolute Gasteiger partial charge is 0.352 e. The SMILES string of the molecule is C=CCNC(=O)C(=O)C(CC1CCC1)NC(=O)[C@@H]1C[C@@H](C(C)C)CN1C(=O)[C@@H](NC(N)=O)C(C)(C)C. The second kappa shape index (κ2) is 12.4. The fourth-order valence-corrected chi connectivity index (χ4v) is 4.77. The highest BCUT2D eigenvalue weighted by molar-refractivity contribution is 6.38. The Morgan fingerprint density at radius 2 is 1.75 bits per heavy atom. The van der Waals surface area contributed by atoms with Crippen molar-refractivity contribution in [3.63, 3.8) is 0 Å². The van der Waals surface area contributed by atoms with Crippen LogP contribution >= 0.6 is 0 Å². The molecular weight excluding hydrogens is 462 g/mol. The topological polar surface area (TPSA) is 151 Å². The molecule has 5 amide bonds. The van der Waals surface area contributed by atoms with Gasteiger partial charge in [0.15, 0.2) is 0 Å². The predicted octanol–water partition coefficient (Wildman–Crippen LogP) is 1.49. The lowest BCUT2D eigenvalue weighted by atomic mass is 9.80. The van der Waals surface area contributed by atoms with Gasteiger partial charge in [-0.05, 0) is 36.0 Å². The summed E-state index contributed by atoms with van der Waals surface area (Å²) in [5.74, 6) is -1.78. The number of amides is 5. The van der Waals surface area contributed by atoms with Crippen molar-refractivity contribution in [3.05, 3.63) is 12.7 Å². The standard InChI is InChI=1S/C26H43N5O5/c1-7-11-28-23(34)20(32)18(12-16-9-8-10-16)29-22(33)19-13-17(15(2)3)14-31(19)24(35)21(26(4,5)6)30-25(27)36/h7,15-19,21H,1,8-14H2,2-6H3,(H,28,34)(H,29,33)(H3,27,30,36)/t17-,18?,19+,21-/m1/s1. The molecule has 1 aliphatic carbocycles. The Bertz CT molecular complexity index is 861. The molecule has 10 heteroatoms. The van der Waals surface area contributed by atoms with Gasteiger partial charge in [0.05, 0.1) is 6.04 Å². The van der Waals surface area contributed by atoms with Crippen LogP contribution in [0.15, 0.2) is 12.7 Å². The maximum Gasteiger partial charge on any atom is 0.312 e. The second-order valence-electron chi connectivity index (χ2n) is 11.5. The molecule has 36 heavy (non-hydrogen) atoms. The van der Waals surface area contributed by atoms with Gasteiger partial charge >= 0.3 is 6.03 Å². The smallest absolute Gasteiger partial charge is 0.312 e. The van der Waals surface area contributed by atoms with Crippen molar-refractivity contribution in [2.24, 2.45) is 28.9 Å². The summed E-state index contributed by atoms with van der Waals surface area (Å²) in [5.41, 5.74) is 4.70. The number of carbonyl (C=O) groups excluding carboxylic acids is 5. The fraction of sp³-hybridized carbons (Fsp3) is 0.731. The number of ketones is 1. The molecule has 202 valence electrons. The molecule has 4 atom stereocenters. The number of carbonyl (C=O) groups is 5. The number of nitrogens with one attached hydrogen (secondary N) is 3. The highest BCUT2D eigenvalue weighted by atomic mass is 16.2. The molecule has 1 unspecified atom stereocenters. The zero-order valence-electron chi connectivity index (χ0n) is 22.3.